The molecule has 0 spiro atoms. The van der Waals surface area contributed by atoms with Gasteiger partial charge in [0.1, 0.15) is 0 Å². The zero-order chi connectivity index (χ0) is 15.1. The third-order valence-electron chi connectivity index (χ3n) is 3.25. The largest absolute Gasteiger partial charge is 0.324 e. The summed E-state index contributed by atoms with van der Waals surface area (Å²) in [7, 11) is 0. The highest BCUT2D eigenvalue weighted by Gasteiger charge is 2.07. The van der Waals surface area contributed by atoms with Gasteiger partial charge in [-0.1, -0.05) is 49.4 Å². The van der Waals surface area contributed by atoms with Crippen molar-refractivity contribution in [1.82, 2.24) is 5.32 Å². The predicted octanol–water partition coefficient (Wildman–Crippen LogP) is 3.78. The predicted molar refractivity (Wildman–Crippen MR) is 90.5 cm³/mol. The number of hydrogen-bond acceptors (Lipinski definition) is 2. The molecule has 0 bridgehead atoms. The third-order valence-corrected chi connectivity index (χ3v) is 3.94. The molecule has 0 saturated carbocycles. The number of para-hydroxylation sites is 1. The number of anilines is 1. The van der Waals surface area contributed by atoms with Gasteiger partial charge in [-0.15, -0.1) is 0 Å². The van der Waals surface area contributed by atoms with Gasteiger partial charge in [0.2, 0.25) is 5.91 Å². The van der Waals surface area contributed by atoms with Crippen LogP contribution < -0.4 is 10.6 Å². The van der Waals surface area contributed by atoms with E-state index in [0.29, 0.717) is 12.5 Å². The summed E-state index contributed by atoms with van der Waals surface area (Å²) >= 11 is 3.41. The maximum atomic E-state index is 11.9. The Hall–Kier alpha value is -1.65. The summed E-state index contributed by atoms with van der Waals surface area (Å²) in [4.78, 5) is 11.9. The summed E-state index contributed by atoms with van der Waals surface area (Å²) < 4.78 is 0.885. The minimum Gasteiger partial charge on any atom is -0.324 e. The van der Waals surface area contributed by atoms with Crippen molar-refractivity contribution in [2.45, 2.75) is 12.8 Å². The van der Waals surface area contributed by atoms with E-state index in [1.165, 1.54) is 5.56 Å². The summed E-state index contributed by atoms with van der Waals surface area (Å²) in [6, 6.07) is 17.9. The lowest BCUT2D eigenvalue weighted by molar-refractivity contribution is -0.115. The first kappa shape index (κ1) is 15.7. The first-order valence-corrected chi connectivity index (χ1v) is 7.76. The summed E-state index contributed by atoms with van der Waals surface area (Å²) in [5.41, 5.74) is 2.07. The summed E-state index contributed by atoms with van der Waals surface area (Å²) in [6.45, 7) is 3.22. The van der Waals surface area contributed by atoms with Gasteiger partial charge in [0, 0.05) is 11.0 Å². The van der Waals surface area contributed by atoms with E-state index >= 15 is 0 Å². The normalized spacial score (nSPS) is 11.9. The Morgan fingerprint density at radius 3 is 2.48 bits per heavy atom. The van der Waals surface area contributed by atoms with Gasteiger partial charge in [0.25, 0.3) is 0 Å². The molecule has 2 aromatic carbocycles. The van der Waals surface area contributed by atoms with Gasteiger partial charge in [-0.3, -0.25) is 4.79 Å². The number of nitrogens with one attached hydrogen (secondary N) is 2. The number of halogens is 1. The molecule has 2 rings (SSSR count). The molecule has 110 valence electrons. The highest BCUT2D eigenvalue weighted by atomic mass is 79.9. The van der Waals surface area contributed by atoms with E-state index in [4.69, 9.17) is 0 Å². The number of hydrogen-bond donors (Lipinski definition) is 2. The molecule has 1 amide bonds. The van der Waals surface area contributed by atoms with E-state index in [-0.39, 0.29) is 5.91 Å². The highest BCUT2D eigenvalue weighted by molar-refractivity contribution is 9.10. The number of carbonyl (C=O) groups excluding carboxylic acids is 1. The molecule has 2 N–H and O–H groups in total. The maximum Gasteiger partial charge on any atom is 0.238 e. The van der Waals surface area contributed by atoms with Crippen LogP contribution in [0.4, 0.5) is 5.69 Å². The highest BCUT2D eigenvalue weighted by Crippen LogP contribution is 2.20. The first-order chi connectivity index (χ1) is 10.2. The van der Waals surface area contributed by atoms with Gasteiger partial charge in [0.05, 0.1) is 12.2 Å². The van der Waals surface area contributed by atoms with Crippen molar-refractivity contribution in [2.24, 2.45) is 0 Å². The Labute approximate surface area is 133 Å². The van der Waals surface area contributed by atoms with Crippen LogP contribution in [0.5, 0.6) is 0 Å². The molecule has 3 nitrogen and oxygen atoms in total. The zero-order valence-corrected chi connectivity index (χ0v) is 13.6. The minimum absolute atomic E-state index is 0.0397. The van der Waals surface area contributed by atoms with Crippen molar-refractivity contribution in [3.63, 3.8) is 0 Å². The quantitative estimate of drug-likeness (QED) is 0.835. The van der Waals surface area contributed by atoms with Gasteiger partial charge < -0.3 is 10.6 Å². The number of rotatable bonds is 6. The molecule has 1 unspecified atom stereocenters. The topological polar surface area (TPSA) is 41.1 Å². The zero-order valence-electron chi connectivity index (χ0n) is 12.0. The van der Waals surface area contributed by atoms with Crippen molar-refractivity contribution in [3.8, 4) is 0 Å². The smallest absolute Gasteiger partial charge is 0.238 e. The van der Waals surface area contributed by atoms with Crippen LogP contribution in [-0.4, -0.2) is 19.0 Å². The van der Waals surface area contributed by atoms with Gasteiger partial charge in [-0.25, -0.2) is 0 Å². The Bertz CT molecular complexity index is 586. The number of benzene rings is 2. The fourth-order valence-corrected chi connectivity index (χ4v) is 2.44. The molecular formula is C17H19BrN2O. The van der Waals surface area contributed by atoms with Crippen LogP contribution >= 0.6 is 15.9 Å². The minimum atomic E-state index is -0.0397. The van der Waals surface area contributed by atoms with Crippen molar-refractivity contribution in [1.29, 1.82) is 0 Å². The standard InChI is InChI=1S/C17H19BrN2O/c1-13(14-7-3-2-4-8-14)11-19-12-17(21)20-16-10-6-5-9-15(16)18/h2-10,13,19H,11-12H2,1H3,(H,20,21). The van der Waals surface area contributed by atoms with E-state index in [0.717, 1.165) is 16.7 Å². The van der Waals surface area contributed by atoms with Crippen LogP contribution in [0.15, 0.2) is 59.1 Å². The van der Waals surface area contributed by atoms with Crippen LogP contribution in [0, 0.1) is 0 Å². The Morgan fingerprint density at radius 2 is 1.76 bits per heavy atom. The monoisotopic (exact) mass is 346 g/mol. The molecule has 0 aromatic heterocycles. The van der Waals surface area contributed by atoms with Crippen molar-refractivity contribution in [2.75, 3.05) is 18.4 Å². The van der Waals surface area contributed by atoms with Crippen molar-refractivity contribution >= 4 is 27.5 Å². The SMILES string of the molecule is CC(CNCC(=O)Nc1ccccc1Br)c1ccccc1. The first-order valence-electron chi connectivity index (χ1n) is 6.97. The Balaban J connectivity index is 1.76. The second-order valence-corrected chi connectivity index (χ2v) is 5.82. The molecule has 0 aliphatic heterocycles. The van der Waals surface area contributed by atoms with Gasteiger partial charge in [-0.2, -0.15) is 0 Å². The van der Waals surface area contributed by atoms with Crippen LogP contribution in [-0.2, 0) is 4.79 Å². The van der Waals surface area contributed by atoms with Crippen LogP contribution in [0.3, 0.4) is 0 Å². The molecule has 0 heterocycles. The van der Waals surface area contributed by atoms with Gasteiger partial charge in [-0.05, 0) is 39.5 Å². The van der Waals surface area contributed by atoms with Gasteiger partial charge in [0.15, 0.2) is 0 Å². The molecule has 0 saturated heterocycles. The lowest BCUT2D eigenvalue weighted by Gasteiger charge is -2.13. The molecule has 21 heavy (non-hydrogen) atoms. The number of carbonyl (C=O) groups is 1. The maximum absolute atomic E-state index is 11.9. The van der Waals surface area contributed by atoms with E-state index in [1.807, 2.05) is 42.5 Å². The molecular weight excluding hydrogens is 328 g/mol. The Kier molecular flexibility index (Phi) is 5.96. The molecule has 0 radical (unpaired) electrons. The average molecular weight is 347 g/mol. The van der Waals surface area contributed by atoms with Crippen LogP contribution in [0.1, 0.15) is 18.4 Å². The molecule has 2 aromatic rings. The molecule has 0 aliphatic carbocycles. The van der Waals surface area contributed by atoms with Crippen LogP contribution in [0.2, 0.25) is 0 Å². The molecule has 1 atom stereocenters. The lowest BCUT2D eigenvalue weighted by Crippen LogP contribution is -2.30. The molecule has 0 aliphatic rings. The summed E-state index contributed by atoms with van der Waals surface area (Å²) in [6.07, 6.45) is 0. The molecule has 0 fully saturated rings. The average Bonchev–Trinajstić information content (AvgIpc) is 2.50. The lowest BCUT2D eigenvalue weighted by atomic mass is 10.0. The number of amides is 1. The van der Waals surface area contributed by atoms with Crippen molar-refractivity contribution in [3.05, 3.63) is 64.6 Å². The van der Waals surface area contributed by atoms with Crippen molar-refractivity contribution < 1.29 is 4.79 Å². The second kappa shape index (κ2) is 7.96. The third kappa shape index (κ3) is 4.99. The van der Waals surface area contributed by atoms with E-state index in [9.17, 15) is 4.79 Å². The fraction of sp³-hybridized carbons (Fsp3) is 0.235. The van der Waals surface area contributed by atoms with E-state index < -0.39 is 0 Å². The van der Waals surface area contributed by atoms with E-state index in [2.05, 4.69) is 45.6 Å². The summed E-state index contributed by atoms with van der Waals surface area (Å²) in [5, 5.41) is 6.07. The van der Waals surface area contributed by atoms with E-state index in [1.54, 1.807) is 0 Å². The second-order valence-electron chi connectivity index (χ2n) is 4.97. The molecule has 4 heteroatoms. The Morgan fingerprint density at radius 1 is 1.10 bits per heavy atom. The van der Waals surface area contributed by atoms with Gasteiger partial charge >= 0.3 is 0 Å². The summed E-state index contributed by atoms with van der Waals surface area (Å²) in [5.74, 6) is 0.338. The fourth-order valence-electron chi connectivity index (χ4n) is 2.06. The van der Waals surface area contributed by atoms with Crippen LogP contribution in [0.25, 0.3) is 0 Å².